The molecule has 0 atom stereocenters. The molecule has 0 heterocycles. The molecule has 1 aromatic carbocycles. The molecule has 1 aliphatic rings. The maximum atomic E-state index is 11.6. The quantitative estimate of drug-likeness (QED) is 0.808. The van der Waals surface area contributed by atoms with Crippen molar-refractivity contribution in [3.05, 3.63) is 35.4 Å². The van der Waals surface area contributed by atoms with Gasteiger partial charge in [0.25, 0.3) is 5.91 Å². The van der Waals surface area contributed by atoms with Gasteiger partial charge in [0, 0.05) is 6.04 Å². The van der Waals surface area contributed by atoms with E-state index in [1.54, 1.807) is 24.3 Å². The van der Waals surface area contributed by atoms with Gasteiger partial charge in [0.1, 0.15) is 0 Å². The first kappa shape index (κ1) is 14.0. The van der Waals surface area contributed by atoms with Gasteiger partial charge in [-0.2, -0.15) is 0 Å². The average Bonchev–Trinajstić information content (AvgIpc) is 3.20. The number of benzene rings is 1. The Morgan fingerprint density at radius 3 is 2.45 bits per heavy atom. The highest BCUT2D eigenvalue weighted by Crippen LogP contribution is 2.18. The lowest BCUT2D eigenvalue weighted by Crippen LogP contribution is -2.42. The number of rotatable bonds is 4. The van der Waals surface area contributed by atoms with Crippen LogP contribution in [0.2, 0.25) is 0 Å². The van der Waals surface area contributed by atoms with Gasteiger partial charge in [-0.1, -0.05) is 17.7 Å². The summed E-state index contributed by atoms with van der Waals surface area (Å²) in [6.07, 6.45) is 1.87. The normalized spacial score (nSPS) is 13.4. The molecule has 6 nitrogen and oxygen atoms in total. The number of amides is 3. The van der Waals surface area contributed by atoms with Crippen LogP contribution in [0.1, 0.15) is 28.8 Å². The van der Waals surface area contributed by atoms with E-state index in [1.165, 1.54) is 0 Å². The van der Waals surface area contributed by atoms with E-state index in [1.807, 2.05) is 6.92 Å². The molecule has 1 fully saturated rings. The second-order valence-electron chi connectivity index (χ2n) is 4.74. The fourth-order valence-electron chi connectivity index (χ4n) is 1.52. The van der Waals surface area contributed by atoms with E-state index in [0.29, 0.717) is 5.56 Å². The number of aryl methyl sites for hydroxylation is 1. The number of imide groups is 1. The molecule has 20 heavy (non-hydrogen) atoms. The molecule has 2 rings (SSSR count). The van der Waals surface area contributed by atoms with Gasteiger partial charge in [-0.3, -0.25) is 10.1 Å². The van der Waals surface area contributed by atoms with Gasteiger partial charge >= 0.3 is 12.0 Å². The molecule has 0 aliphatic heterocycles. The molecule has 106 valence electrons. The molecule has 3 amide bonds. The van der Waals surface area contributed by atoms with E-state index in [-0.39, 0.29) is 6.04 Å². The van der Waals surface area contributed by atoms with E-state index in [2.05, 4.69) is 10.6 Å². The van der Waals surface area contributed by atoms with Gasteiger partial charge in [-0.15, -0.1) is 0 Å². The summed E-state index contributed by atoms with van der Waals surface area (Å²) < 4.78 is 4.82. The number of carbonyl (C=O) groups is 3. The summed E-state index contributed by atoms with van der Waals surface area (Å²) in [6, 6.07) is 6.41. The van der Waals surface area contributed by atoms with E-state index < -0.39 is 24.5 Å². The lowest BCUT2D eigenvalue weighted by atomic mass is 10.1. The Kier molecular flexibility index (Phi) is 4.34. The number of esters is 1. The molecule has 6 heteroatoms. The van der Waals surface area contributed by atoms with Crippen LogP contribution in [0, 0.1) is 6.92 Å². The van der Waals surface area contributed by atoms with E-state index in [0.717, 1.165) is 18.4 Å². The van der Waals surface area contributed by atoms with Gasteiger partial charge in [0.15, 0.2) is 6.61 Å². The molecular weight excluding hydrogens is 260 g/mol. The van der Waals surface area contributed by atoms with Gasteiger partial charge < -0.3 is 10.1 Å². The Morgan fingerprint density at radius 1 is 1.20 bits per heavy atom. The molecule has 1 saturated carbocycles. The van der Waals surface area contributed by atoms with E-state index in [9.17, 15) is 14.4 Å². The molecule has 0 unspecified atom stereocenters. The van der Waals surface area contributed by atoms with Crippen LogP contribution in [-0.2, 0) is 9.53 Å². The number of nitrogens with one attached hydrogen (secondary N) is 2. The Morgan fingerprint density at radius 2 is 1.85 bits per heavy atom. The molecular formula is C14H16N2O4. The zero-order valence-electron chi connectivity index (χ0n) is 11.1. The molecule has 0 aromatic heterocycles. The van der Waals surface area contributed by atoms with Crippen LogP contribution in [0.25, 0.3) is 0 Å². The zero-order chi connectivity index (χ0) is 14.5. The third kappa shape index (κ3) is 4.38. The smallest absolute Gasteiger partial charge is 0.338 e. The van der Waals surface area contributed by atoms with Crippen LogP contribution < -0.4 is 10.6 Å². The summed E-state index contributed by atoms with van der Waals surface area (Å²) in [4.78, 5) is 34.3. The highest BCUT2D eigenvalue weighted by molar-refractivity contribution is 5.97. The molecule has 2 N–H and O–H groups in total. The lowest BCUT2D eigenvalue weighted by Gasteiger charge is -2.06. The Labute approximate surface area is 116 Å². The van der Waals surface area contributed by atoms with E-state index in [4.69, 9.17) is 4.74 Å². The van der Waals surface area contributed by atoms with Crippen LogP contribution in [0.15, 0.2) is 24.3 Å². The number of urea groups is 1. The standard InChI is InChI=1S/C14H16N2O4/c1-9-2-4-10(5-3-9)13(18)20-8-12(17)16-14(19)15-11-6-7-11/h2-5,11H,6-8H2,1H3,(H2,15,16,17,19). The minimum atomic E-state index is -0.649. The number of hydrogen-bond acceptors (Lipinski definition) is 4. The number of ether oxygens (including phenoxy) is 1. The summed E-state index contributed by atoms with van der Waals surface area (Å²) in [7, 11) is 0. The van der Waals surface area contributed by atoms with Crippen molar-refractivity contribution in [3.63, 3.8) is 0 Å². The van der Waals surface area contributed by atoms with Crippen molar-refractivity contribution < 1.29 is 19.1 Å². The zero-order valence-corrected chi connectivity index (χ0v) is 11.1. The van der Waals surface area contributed by atoms with Gasteiger partial charge in [-0.25, -0.2) is 9.59 Å². The van der Waals surface area contributed by atoms with Crippen LogP contribution in [0.5, 0.6) is 0 Å². The fraction of sp³-hybridized carbons (Fsp3) is 0.357. The second-order valence-corrected chi connectivity index (χ2v) is 4.74. The largest absolute Gasteiger partial charge is 0.452 e. The fourth-order valence-corrected chi connectivity index (χ4v) is 1.52. The summed E-state index contributed by atoms with van der Waals surface area (Å²) in [5.41, 5.74) is 1.39. The first-order valence-corrected chi connectivity index (χ1v) is 6.39. The van der Waals surface area contributed by atoms with Crippen molar-refractivity contribution in [1.29, 1.82) is 0 Å². The lowest BCUT2D eigenvalue weighted by molar-refractivity contribution is -0.123. The topological polar surface area (TPSA) is 84.5 Å². The SMILES string of the molecule is Cc1ccc(C(=O)OCC(=O)NC(=O)NC2CC2)cc1. The van der Waals surface area contributed by atoms with Crippen molar-refractivity contribution >= 4 is 17.9 Å². The first-order valence-electron chi connectivity index (χ1n) is 6.39. The summed E-state index contributed by atoms with van der Waals surface area (Å²) in [5, 5.41) is 4.70. The average molecular weight is 276 g/mol. The minimum Gasteiger partial charge on any atom is -0.452 e. The summed E-state index contributed by atoms with van der Waals surface area (Å²) in [6.45, 7) is 1.42. The predicted molar refractivity (Wildman–Crippen MR) is 71.2 cm³/mol. The van der Waals surface area contributed by atoms with Crippen LogP contribution in [0.4, 0.5) is 4.79 Å². The predicted octanol–water partition coefficient (Wildman–Crippen LogP) is 1.14. The minimum absolute atomic E-state index is 0.165. The van der Waals surface area contributed by atoms with Crippen LogP contribution in [0.3, 0.4) is 0 Å². The van der Waals surface area contributed by atoms with Gasteiger partial charge in [0.05, 0.1) is 5.56 Å². The third-order valence-corrected chi connectivity index (χ3v) is 2.79. The highest BCUT2D eigenvalue weighted by Gasteiger charge is 2.24. The molecule has 1 aliphatic carbocycles. The van der Waals surface area contributed by atoms with Crippen molar-refractivity contribution in [1.82, 2.24) is 10.6 Å². The van der Waals surface area contributed by atoms with Crippen LogP contribution >= 0.6 is 0 Å². The Bertz CT molecular complexity index is 520. The van der Waals surface area contributed by atoms with Crippen molar-refractivity contribution in [2.75, 3.05) is 6.61 Å². The number of carbonyl (C=O) groups excluding carboxylic acids is 3. The maximum absolute atomic E-state index is 11.6. The molecule has 1 aromatic rings. The molecule has 0 saturated heterocycles. The van der Waals surface area contributed by atoms with Gasteiger partial charge in [0.2, 0.25) is 0 Å². The van der Waals surface area contributed by atoms with E-state index >= 15 is 0 Å². The van der Waals surface area contributed by atoms with Crippen LogP contribution in [-0.4, -0.2) is 30.6 Å². The monoisotopic (exact) mass is 276 g/mol. The van der Waals surface area contributed by atoms with Crippen molar-refractivity contribution in [2.24, 2.45) is 0 Å². The molecule has 0 bridgehead atoms. The van der Waals surface area contributed by atoms with Gasteiger partial charge in [-0.05, 0) is 31.9 Å². The third-order valence-electron chi connectivity index (χ3n) is 2.79. The Balaban J connectivity index is 1.73. The summed E-state index contributed by atoms with van der Waals surface area (Å²) in [5.74, 6) is -1.24. The highest BCUT2D eigenvalue weighted by atomic mass is 16.5. The molecule has 0 radical (unpaired) electrons. The second kappa shape index (κ2) is 6.18. The maximum Gasteiger partial charge on any atom is 0.338 e. The number of hydrogen-bond donors (Lipinski definition) is 2. The first-order chi connectivity index (χ1) is 9.54. The van der Waals surface area contributed by atoms with Crippen molar-refractivity contribution in [3.8, 4) is 0 Å². The summed E-state index contributed by atoms with van der Waals surface area (Å²) >= 11 is 0. The Hall–Kier alpha value is -2.37. The van der Waals surface area contributed by atoms with Crippen molar-refractivity contribution in [2.45, 2.75) is 25.8 Å². The molecule has 0 spiro atoms.